The molecule has 0 aliphatic rings. The van der Waals surface area contributed by atoms with E-state index in [1.807, 2.05) is 65.5 Å². The summed E-state index contributed by atoms with van der Waals surface area (Å²) >= 11 is 0. The molecule has 126 valence electrons. The molecule has 4 nitrogen and oxygen atoms in total. The molecule has 3 aromatic rings. The number of amides is 1. The molecule has 1 aromatic carbocycles. The number of benzene rings is 1. The van der Waals surface area contributed by atoms with Gasteiger partial charge in [0.2, 0.25) is 5.91 Å². The lowest BCUT2D eigenvalue weighted by molar-refractivity contribution is -0.695. The summed E-state index contributed by atoms with van der Waals surface area (Å²) in [5.74, 6) is 0.0231. The Kier molecular flexibility index (Phi) is 5.52. The minimum absolute atomic E-state index is 0.0231. The van der Waals surface area contributed by atoms with Crippen molar-refractivity contribution in [1.29, 1.82) is 0 Å². The third-order valence-corrected chi connectivity index (χ3v) is 4.05. The molecule has 0 atom stereocenters. The summed E-state index contributed by atoms with van der Waals surface area (Å²) in [7, 11) is 0. The summed E-state index contributed by atoms with van der Waals surface area (Å²) in [6.45, 7) is 2.72. The second kappa shape index (κ2) is 8.20. The van der Waals surface area contributed by atoms with E-state index in [1.54, 1.807) is 12.4 Å². The average molecular weight is 332 g/mol. The Morgan fingerprint density at radius 3 is 2.28 bits per heavy atom. The second-order valence-corrected chi connectivity index (χ2v) is 6.14. The molecule has 25 heavy (non-hydrogen) atoms. The SMILES string of the molecule is Cc1cc[n+](CCC(=O)Nc2ccc(Cc3ccncc3)cc2)cc1. The summed E-state index contributed by atoms with van der Waals surface area (Å²) in [4.78, 5) is 16.1. The summed E-state index contributed by atoms with van der Waals surface area (Å²) in [6.07, 6.45) is 8.91. The van der Waals surface area contributed by atoms with Crippen LogP contribution in [-0.2, 0) is 17.8 Å². The van der Waals surface area contributed by atoms with E-state index >= 15 is 0 Å². The fourth-order valence-corrected chi connectivity index (χ4v) is 2.58. The highest BCUT2D eigenvalue weighted by atomic mass is 16.1. The highest BCUT2D eigenvalue weighted by molar-refractivity contribution is 5.90. The van der Waals surface area contributed by atoms with Crippen molar-refractivity contribution in [1.82, 2.24) is 4.98 Å². The lowest BCUT2D eigenvalue weighted by Crippen LogP contribution is -2.34. The van der Waals surface area contributed by atoms with Gasteiger partial charge in [0.1, 0.15) is 0 Å². The molecule has 2 aromatic heterocycles. The molecular weight excluding hydrogens is 310 g/mol. The number of aromatic nitrogens is 2. The number of rotatable bonds is 6. The van der Waals surface area contributed by atoms with Crippen LogP contribution in [0.4, 0.5) is 5.69 Å². The molecule has 3 rings (SSSR count). The van der Waals surface area contributed by atoms with Crippen molar-refractivity contribution < 1.29 is 9.36 Å². The molecule has 0 fully saturated rings. The van der Waals surface area contributed by atoms with Crippen LogP contribution in [0.25, 0.3) is 0 Å². The van der Waals surface area contributed by atoms with E-state index in [0.29, 0.717) is 13.0 Å². The zero-order valence-electron chi connectivity index (χ0n) is 14.4. The van der Waals surface area contributed by atoms with Crippen LogP contribution in [0, 0.1) is 6.92 Å². The summed E-state index contributed by atoms with van der Waals surface area (Å²) in [5.41, 5.74) is 4.48. The molecule has 0 bridgehead atoms. The predicted octanol–water partition coefficient (Wildman–Crippen LogP) is 3.30. The number of carbonyl (C=O) groups excluding carboxylic acids is 1. The number of hydrogen-bond acceptors (Lipinski definition) is 2. The topological polar surface area (TPSA) is 45.9 Å². The molecule has 4 heteroatoms. The van der Waals surface area contributed by atoms with Gasteiger partial charge in [-0.3, -0.25) is 9.78 Å². The Bertz CT molecular complexity index is 812. The minimum atomic E-state index is 0.0231. The zero-order valence-corrected chi connectivity index (χ0v) is 14.4. The number of nitrogens with one attached hydrogen (secondary N) is 1. The van der Waals surface area contributed by atoms with Gasteiger partial charge in [-0.25, -0.2) is 4.57 Å². The molecule has 2 heterocycles. The van der Waals surface area contributed by atoms with E-state index < -0.39 is 0 Å². The largest absolute Gasteiger partial charge is 0.326 e. The van der Waals surface area contributed by atoms with E-state index in [0.717, 1.165) is 12.1 Å². The number of hydrogen-bond donors (Lipinski definition) is 1. The third kappa shape index (κ3) is 5.24. The number of anilines is 1. The van der Waals surface area contributed by atoms with Gasteiger partial charge in [-0.1, -0.05) is 12.1 Å². The maximum Gasteiger partial charge on any atom is 0.230 e. The molecule has 0 aliphatic carbocycles. The van der Waals surface area contributed by atoms with E-state index in [1.165, 1.54) is 16.7 Å². The van der Waals surface area contributed by atoms with Gasteiger partial charge in [0, 0.05) is 30.2 Å². The smallest absolute Gasteiger partial charge is 0.230 e. The first kappa shape index (κ1) is 16.8. The molecule has 0 unspecified atom stereocenters. The van der Waals surface area contributed by atoms with Gasteiger partial charge in [-0.2, -0.15) is 0 Å². The van der Waals surface area contributed by atoms with Crippen LogP contribution in [0.1, 0.15) is 23.1 Å². The van der Waals surface area contributed by atoms with Gasteiger partial charge in [-0.15, -0.1) is 0 Å². The molecule has 1 amide bonds. The summed E-state index contributed by atoms with van der Waals surface area (Å²) in [5, 5.41) is 2.95. The van der Waals surface area contributed by atoms with Crippen molar-refractivity contribution >= 4 is 11.6 Å². The first-order valence-corrected chi connectivity index (χ1v) is 8.42. The zero-order chi connectivity index (χ0) is 17.5. The Morgan fingerprint density at radius 1 is 0.960 bits per heavy atom. The lowest BCUT2D eigenvalue weighted by atomic mass is 10.1. The van der Waals surface area contributed by atoms with Gasteiger partial charge >= 0.3 is 0 Å². The fraction of sp³-hybridized carbons (Fsp3) is 0.190. The summed E-state index contributed by atoms with van der Waals surface area (Å²) < 4.78 is 2.02. The highest BCUT2D eigenvalue weighted by Gasteiger charge is 2.07. The van der Waals surface area contributed by atoms with Gasteiger partial charge < -0.3 is 5.32 Å². The maximum absolute atomic E-state index is 12.1. The average Bonchev–Trinajstić information content (AvgIpc) is 2.64. The van der Waals surface area contributed by atoms with Crippen LogP contribution in [0.5, 0.6) is 0 Å². The first-order valence-electron chi connectivity index (χ1n) is 8.42. The third-order valence-electron chi connectivity index (χ3n) is 4.05. The standard InChI is InChI=1S/C21H21N3O/c1-17-8-13-24(14-9-17)15-10-21(25)23-20-4-2-18(3-5-20)16-19-6-11-22-12-7-19/h2-9,11-14H,10,15-16H2,1H3/p+1. The molecule has 0 radical (unpaired) electrons. The van der Waals surface area contributed by atoms with Crippen LogP contribution in [-0.4, -0.2) is 10.9 Å². The van der Waals surface area contributed by atoms with E-state index in [-0.39, 0.29) is 5.91 Å². The van der Waals surface area contributed by atoms with Crippen molar-refractivity contribution in [2.75, 3.05) is 5.32 Å². The maximum atomic E-state index is 12.1. The van der Waals surface area contributed by atoms with Crippen LogP contribution < -0.4 is 9.88 Å². The van der Waals surface area contributed by atoms with Crippen molar-refractivity contribution in [3.63, 3.8) is 0 Å². The molecule has 0 spiro atoms. The van der Waals surface area contributed by atoms with E-state index in [9.17, 15) is 4.79 Å². The normalized spacial score (nSPS) is 10.4. The van der Waals surface area contributed by atoms with E-state index in [4.69, 9.17) is 0 Å². The molecule has 0 aliphatic heterocycles. The van der Waals surface area contributed by atoms with Crippen molar-refractivity contribution in [2.45, 2.75) is 26.3 Å². The Balaban J connectivity index is 1.50. The quantitative estimate of drug-likeness (QED) is 0.704. The van der Waals surface area contributed by atoms with Crippen molar-refractivity contribution in [3.05, 3.63) is 90.0 Å². The molecule has 0 saturated heterocycles. The van der Waals surface area contributed by atoms with Crippen LogP contribution >= 0.6 is 0 Å². The van der Waals surface area contributed by atoms with Gasteiger partial charge in [-0.05, 0) is 54.3 Å². The number of carbonyl (C=O) groups is 1. The number of aryl methyl sites for hydroxylation is 2. The molecule has 0 saturated carbocycles. The highest BCUT2D eigenvalue weighted by Crippen LogP contribution is 2.13. The van der Waals surface area contributed by atoms with Gasteiger partial charge in [0.15, 0.2) is 18.9 Å². The monoisotopic (exact) mass is 332 g/mol. The van der Waals surface area contributed by atoms with Crippen LogP contribution in [0.3, 0.4) is 0 Å². The fourth-order valence-electron chi connectivity index (χ4n) is 2.58. The molecular formula is C21H22N3O+. The van der Waals surface area contributed by atoms with Crippen LogP contribution in [0.15, 0.2) is 73.3 Å². The van der Waals surface area contributed by atoms with Crippen molar-refractivity contribution in [2.24, 2.45) is 0 Å². The summed E-state index contributed by atoms with van der Waals surface area (Å²) in [6, 6.07) is 16.1. The first-order chi connectivity index (χ1) is 12.2. The number of nitrogens with zero attached hydrogens (tertiary/aromatic N) is 2. The minimum Gasteiger partial charge on any atom is -0.326 e. The Morgan fingerprint density at radius 2 is 1.60 bits per heavy atom. The Labute approximate surface area is 148 Å². The molecule has 1 N–H and O–H groups in total. The lowest BCUT2D eigenvalue weighted by Gasteiger charge is -2.06. The number of pyridine rings is 2. The van der Waals surface area contributed by atoms with Gasteiger partial charge in [0.05, 0.1) is 6.42 Å². The van der Waals surface area contributed by atoms with E-state index in [2.05, 4.69) is 17.2 Å². The second-order valence-electron chi connectivity index (χ2n) is 6.14. The predicted molar refractivity (Wildman–Crippen MR) is 98.1 cm³/mol. The van der Waals surface area contributed by atoms with Gasteiger partial charge in [0.25, 0.3) is 0 Å². The Hall–Kier alpha value is -3.01. The van der Waals surface area contributed by atoms with Crippen molar-refractivity contribution in [3.8, 4) is 0 Å². The van der Waals surface area contributed by atoms with Crippen LogP contribution in [0.2, 0.25) is 0 Å².